The zero-order chi connectivity index (χ0) is 17.6. The minimum absolute atomic E-state index is 0.288. The summed E-state index contributed by atoms with van der Waals surface area (Å²) < 4.78 is 13.9. The number of rotatable bonds is 3. The van der Waals surface area contributed by atoms with Crippen molar-refractivity contribution >= 4 is 32.6 Å². The molecule has 0 unspecified atom stereocenters. The molecule has 3 aromatic rings. The maximum Gasteiger partial charge on any atom is 0.232 e. The molecule has 124 valence electrons. The van der Waals surface area contributed by atoms with Crippen molar-refractivity contribution in [1.29, 1.82) is 0 Å². The highest BCUT2D eigenvalue weighted by Crippen LogP contribution is 2.36. The number of amides is 1. The van der Waals surface area contributed by atoms with Gasteiger partial charge in [0, 0.05) is 5.56 Å². The van der Waals surface area contributed by atoms with Crippen LogP contribution in [0.5, 0.6) is 0 Å². The average molecular weight is 350 g/mol. The van der Waals surface area contributed by atoms with Gasteiger partial charge in [-0.3, -0.25) is 4.79 Å². The summed E-state index contributed by atoms with van der Waals surface area (Å²) in [5, 5.41) is 3.22. The zero-order valence-corrected chi connectivity index (χ0v) is 14.4. The van der Waals surface area contributed by atoms with Crippen LogP contribution in [0.3, 0.4) is 0 Å². The van der Waals surface area contributed by atoms with Crippen LogP contribution in [0, 0.1) is 25.2 Å². The summed E-state index contributed by atoms with van der Waals surface area (Å²) in [4.78, 5) is 16.3. The van der Waals surface area contributed by atoms with Crippen molar-refractivity contribution in [2.24, 2.45) is 5.92 Å². The van der Waals surface area contributed by atoms with Crippen LogP contribution >= 0.6 is 11.3 Å². The number of nitrogens with one attached hydrogen (secondary N) is 1. The first-order valence-electron chi connectivity index (χ1n) is 7.98. The predicted octanol–water partition coefficient (Wildman–Crippen LogP) is 4.55. The molecule has 0 radical (unpaired) electrons. The first-order valence-corrected chi connectivity index (χ1v) is 8.80. The van der Waals surface area contributed by atoms with Crippen molar-refractivity contribution in [3.63, 3.8) is 0 Å². The second-order valence-corrected chi connectivity index (χ2v) is 7.25. The number of benzene rings is 2. The maximum atomic E-state index is 13.0. The Labute approximate surface area is 148 Å². The molecule has 2 aromatic carbocycles. The molecule has 25 heavy (non-hydrogen) atoms. The number of fused-ring (bicyclic) bond motifs is 1. The van der Waals surface area contributed by atoms with Gasteiger partial charge in [-0.2, -0.15) is 0 Å². The van der Waals surface area contributed by atoms with Gasteiger partial charge in [-0.1, -0.05) is 29.4 Å². The van der Waals surface area contributed by atoms with Crippen LogP contribution in [0.25, 0.3) is 21.3 Å². The summed E-state index contributed by atoms with van der Waals surface area (Å²) in [6.07, 6.45) is 4.81. The van der Waals surface area contributed by atoms with Gasteiger partial charge in [-0.15, -0.1) is 6.42 Å². The Morgan fingerprint density at radius 3 is 2.88 bits per heavy atom. The Bertz CT molecular complexity index is 1030. The molecule has 1 saturated carbocycles. The van der Waals surface area contributed by atoms with E-state index in [-0.39, 0.29) is 5.91 Å². The highest BCUT2D eigenvalue weighted by Gasteiger charge is 2.43. The fourth-order valence-corrected chi connectivity index (χ4v) is 3.71. The van der Waals surface area contributed by atoms with E-state index < -0.39 is 12.1 Å². The molecule has 5 heteroatoms. The zero-order valence-electron chi connectivity index (χ0n) is 13.5. The van der Waals surface area contributed by atoms with Gasteiger partial charge in [-0.05, 0) is 54.3 Å². The third-order valence-corrected chi connectivity index (χ3v) is 5.32. The molecule has 1 amide bonds. The number of anilines is 1. The van der Waals surface area contributed by atoms with Gasteiger partial charge >= 0.3 is 0 Å². The van der Waals surface area contributed by atoms with Gasteiger partial charge in [0.15, 0.2) is 5.13 Å². The molecule has 1 heterocycles. The van der Waals surface area contributed by atoms with E-state index >= 15 is 0 Å². The number of aromatic nitrogens is 1. The summed E-state index contributed by atoms with van der Waals surface area (Å²) in [6, 6.07) is 11.9. The van der Waals surface area contributed by atoms with E-state index in [2.05, 4.69) is 16.2 Å². The second-order valence-electron chi connectivity index (χ2n) is 6.22. The lowest BCUT2D eigenvalue weighted by molar-refractivity contribution is -0.117. The number of thiazole rings is 1. The Kier molecular flexibility index (Phi) is 3.78. The molecule has 3 nitrogen and oxygen atoms in total. The van der Waals surface area contributed by atoms with Gasteiger partial charge in [0.2, 0.25) is 5.91 Å². The molecule has 2 atom stereocenters. The SMILES string of the molecule is C#Cc1ccc(C)c(-c2ccc3nc(NC(=O)[C@@H]4C[C@@H]4F)sc3c2)c1. The molecule has 0 aliphatic heterocycles. The summed E-state index contributed by atoms with van der Waals surface area (Å²) in [6.45, 7) is 2.04. The Morgan fingerprint density at radius 2 is 2.16 bits per heavy atom. The molecular formula is C20H15FN2OS. The number of carbonyl (C=O) groups is 1. The van der Waals surface area contributed by atoms with E-state index in [1.165, 1.54) is 11.3 Å². The van der Waals surface area contributed by atoms with Crippen LogP contribution in [0.15, 0.2) is 36.4 Å². The maximum absolute atomic E-state index is 13.0. The molecule has 0 bridgehead atoms. The summed E-state index contributed by atoms with van der Waals surface area (Å²) >= 11 is 1.39. The van der Waals surface area contributed by atoms with Crippen LogP contribution in [0.2, 0.25) is 0 Å². The smallest absolute Gasteiger partial charge is 0.232 e. The number of halogens is 1. The minimum Gasteiger partial charge on any atom is -0.302 e. The van der Waals surface area contributed by atoms with Gasteiger partial charge < -0.3 is 5.32 Å². The lowest BCUT2D eigenvalue weighted by Crippen LogP contribution is -2.14. The Balaban J connectivity index is 1.67. The number of hydrogen-bond acceptors (Lipinski definition) is 3. The fourth-order valence-electron chi connectivity index (χ4n) is 2.80. The molecule has 0 saturated heterocycles. The van der Waals surface area contributed by atoms with Crippen molar-refractivity contribution in [2.45, 2.75) is 19.5 Å². The Morgan fingerprint density at radius 1 is 1.36 bits per heavy atom. The number of alkyl halides is 1. The first kappa shape index (κ1) is 15.8. The van der Waals surface area contributed by atoms with Crippen molar-refractivity contribution in [2.75, 3.05) is 5.32 Å². The number of terminal acetylenes is 1. The van der Waals surface area contributed by atoms with Gasteiger partial charge in [-0.25, -0.2) is 9.37 Å². The molecule has 4 rings (SSSR count). The summed E-state index contributed by atoms with van der Waals surface area (Å²) in [7, 11) is 0. The highest BCUT2D eigenvalue weighted by atomic mass is 32.1. The predicted molar refractivity (Wildman–Crippen MR) is 99.4 cm³/mol. The topological polar surface area (TPSA) is 42.0 Å². The van der Waals surface area contributed by atoms with Crippen LogP contribution in [-0.2, 0) is 4.79 Å². The van der Waals surface area contributed by atoms with Gasteiger partial charge in [0.1, 0.15) is 6.17 Å². The lowest BCUT2D eigenvalue weighted by Gasteiger charge is -2.07. The average Bonchev–Trinajstić information content (AvgIpc) is 3.20. The molecular weight excluding hydrogens is 335 g/mol. The lowest BCUT2D eigenvalue weighted by atomic mass is 9.98. The first-order chi connectivity index (χ1) is 12.0. The highest BCUT2D eigenvalue weighted by molar-refractivity contribution is 7.22. The third kappa shape index (κ3) is 3.01. The van der Waals surface area contributed by atoms with E-state index in [0.717, 1.165) is 32.5 Å². The fraction of sp³-hybridized carbons (Fsp3) is 0.200. The molecule has 1 N–H and O–H groups in total. The number of carbonyl (C=O) groups excluding carboxylic acids is 1. The monoisotopic (exact) mass is 350 g/mol. The van der Waals surface area contributed by atoms with Crippen molar-refractivity contribution in [3.05, 3.63) is 47.5 Å². The summed E-state index contributed by atoms with van der Waals surface area (Å²) in [5.74, 6) is 1.85. The van der Waals surface area contributed by atoms with Gasteiger partial charge in [0.05, 0.1) is 16.1 Å². The largest absolute Gasteiger partial charge is 0.302 e. The van der Waals surface area contributed by atoms with Crippen molar-refractivity contribution < 1.29 is 9.18 Å². The molecule has 1 aliphatic carbocycles. The van der Waals surface area contributed by atoms with Crippen LogP contribution < -0.4 is 5.32 Å². The third-order valence-electron chi connectivity index (χ3n) is 4.38. The molecule has 1 aromatic heterocycles. The van der Waals surface area contributed by atoms with E-state index in [1.807, 2.05) is 43.3 Å². The molecule has 0 spiro atoms. The van der Waals surface area contributed by atoms with E-state index in [0.29, 0.717) is 11.6 Å². The van der Waals surface area contributed by atoms with Crippen LogP contribution in [-0.4, -0.2) is 17.1 Å². The molecule has 1 aliphatic rings. The number of nitrogens with zero attached hydrogens (tertiary/aromatic N) is 1. The van der Waals surface area contributed by atoms with E-state index in [9.17, 15) is 9.18 Å². The van der Waals surface area contributed by atoms with Crippen LogP contribution in [0.1, 0.15) is 17.5 Å². The normalized spacial score (nSPS) is 18.8. The van der Waals surface area contributed by atoms with Crippen molar-refractivity contribution in [1.82, 2.24) is 4.98 Å². The second kappa shape index (κ2) is 5.98. The van der Waals surface area contributed by atoms with Crippen LogP contribution in [0.4, 0.5) is 9.52 Å². The van der Waals surface area contributed by atoms with E-state index in [1.54, 1.807) is 0 Å². The van der Waals surface area contributed by atoms with Crippen molar-refractivity contribution in [3.8, 4) is 23.5 Å². The quantitative estimate of drug-likeness (QED) is 0.704. The molecule has 1 fully saturated rings. The summed E-state index contributed by atoms with van der Waals surface area (Å²) in [5.41, 5.74) is 4.91. The number of hydrogen-bond donors (Lipinski definition) is 1. The minimum atomic E-state index is -1.01. The Hall–Kier alpha value is -2.71. The van der Waals surface area contributed by atoms with E-state index in [4.69, 9.17) is 6.42 Å². The standard InChI is InChI=1S/C20H15FN2OS/c1-3-12-5-4-11(2)14(8-12)13-6-7-17-18(9-13)25-20(22-17)23-19(24)15-10-16(15)21/h1,4-9,15-16H,10H2,2H3,(H,22,23,24)/t15-,16+/m1/s1. The van der Waals surface area contributed by atoms with Gasteiger partial charge in [0.25, 0.3) is 0 Å². The number of aryl methyl sites for hydroxylation is 1.